The lowest BCUT2D eigenvalue weighted by Crippen LogP contribution is -2.45. The van der Waals surface area contributed by atoms with Crippen LogP contribution in [0.25, 0.3) is 0 Å². The van der Waals surface area contributed by atoms with E-state index >= 15 is 0 Å². The summed E-state index contributed by atoms with van der Waals surface area (Å²) in [5.41, 5.74) is 0. The zero-order valence-corrected chi connectivity index (χ0v) is 19.2. The zero-order chi connectivity index (χ0) is 20.8. The van der Waals surface area contributed by atoms with Crippen molar-refractivity contribution in [1.82, 2.24) is 10.6 Å². The minimum Gasteiger partial charge on any atom is -0.376 e. The van der Waals surface area contributed by atoms with E-state index < -0.39 is 0 Å². The van der Waals surface area contributed by atoms with Gasteiger partial charge in [0.25, 0.3) is 0 Å². The Hall–Kier alpha value is -0.240. The number of nitrogens with one attached hydrogen (secondary N) is 2. The van der Waals surface area contributed by atoms with Crippen LogP contribution in [0.5, 0.6) is 0 Å². The standard InChI is InChI=1S/C21H46N2O4/c1-15(2)24-13-20(26-17(5)6)11-22-10-19(9)23-12-21(27-18(7)8)14-25-16(3)4/h15-23H,10-14H2,1-9H3. The SMILES string of the molecule is CC(CNCC(COC(C)C)OC(C)C)NCC(COC(C)C)OC(C)C. The second-order valence-corrected chi connectivity index (χ2v) is 8.35. The Kier molecular flexibility index (Phi) is 15.5. The highest BCUT2D eigenvalue weighted by atomic mass is 16.5. The van der Waals surface area contributed by atoms with Gasteiger partial charge in [-0.2, -0.15) is 0 Å². The van der Waals surface area contributed by atoms with Crippen LogP contribution >= 0.6 is 0 Å². The molecule has 0 rings (SSSR count). The maximum atomic E-state index is 5.95. The first-order valence-electron chi connectivity index (χ1n) is 10.6. The molecular formula is C21H46N2O4. The molecule has 0 radical (unpaired) electrons. The average molecular weight is 391 g/mol. The van der Waals surface area contributed by atoms with Gasteiger partial charge in [0.1, 0.15) is 0 Å². The molecule has 0 aromatic heterocycles. The Labute approximate surface area is 168 Å². The van der Waals surface area contributed by atoms with E-state index in [0.717, 1.165) is 19.6 Å². The van der Waals surface area contributed by atoms with Crippen LogP contribution in [0.4, 0.5) is 0 Å². The molecule has 0 aliphatic carbocycles. The van der Waals surface area contributed by atoms with Crippen molar-refractivity contribution in [2.24, 2.45) is 0 Å². The highest BCUT2D eigenvalue weighted by molar-refractivity contribution is 4.71. The van der Waals surface area contributed by atoms with Crippen molar-refractivity contribution in [3.8, 4) is 0 Å². The van der Waals surface area contributed by atoms with E-state index in [2.05, 4.69) is 45.3 Å². The second-order valence-electron chi connectivity index (χ2n) is 8.35. The fourth-order valence-electron chi connectivity index (χ4n) is 2.53. The molecule has 0 aromatic carbocycles. The number of hydrogen-bond donors (Lipinski definition) is 2. The number of ether oxygens (including phenoxy) is 4. The van der Waals surface area contributed by atoms with Gasteiger partial charge in [-0.15, -0.1) is 0 Å². The van der Waals surface area contributed by atoms with Crippen LogP contribution in [0, 0.1) is 0 Å². The lowest BCUT2D eigenvalue weighted by Gasteiger charge is -2.25. The molecule has 0 aliphatic rings. The summed E-state index contributed by atoms with van der Waals surface area (Å²) in [4.78, 5) is 0. The maximum absolute atomic E-state index is 5.95. The molecule has 0 fully saturated rings. The van der Waals surface area contributed by atoms with E-state index in [1.807, 2.05) is 27.7 Å². The molecule has 0 saturated heterocycles. The van der Waals surface area contributed by atoms with Crippen molar-refractivity contribution in [2.75, 3.05) is 32.8 Å². The predicted octanol–water partition coefficient (Wildman–Crippen LogP) is 2.99. The molecule has 3 unspecified atom stereocenters. The monoisotopic (exact) mass is 390 g/mol. The summed E-state index contributed by atoms with van der Waals surface area (Å²) < 4.78 is 23.3. The van der Waals surface area contributed by atoms with Crippen LogP contribution in [0.3, 0.4) is 0 Å². The van der Waals surface area contributed by atoms with Crippen LogP contribution < -0.4 is 10.6 Å². The van der Waals surface area contributed by atoms with E-state index in [-0.39, 0.29) is 36.6 Å². The van der Waals surface area contributed by atoms with Crippen LogP contribution in [0.2, 0.25) is 0 Å². The molecule has 0 saturated carbocycles. The van der Waals surface area contributed by atoms with Crippen molar-refractivity contribution in [2.45, 2.75) is 105 Å². The molecule has 164 valence electrons. The summed E-state index contributed by atoms with van der Waals surface area (Å²) in [6, 6.07) is 0.327. The number of rotatable bonds is 17. The third-order valence-corrected chi connectivity index (χ3v) is 3.68. The minimum absolute atomic E-state index is 0.0614. The third-order valence-electron chi connectivity index (χ3n) is 3.68. The molecule has 0 spiro atoms. The van der Waals surface area contributed by atoms with Gasteiger partial charge in [-0.1, -0.05) is 0 Å². The second kappa shape index (κ2) is 15.7. The van der Waals surface area contributed by atoms with Gasteiger partial charge in [-0.25, -0.2) is 0 Å². The summed E-state index contributed by atoms with van der Waals surface area (Å²) in [5, 5.41) is 7.03. The third kappa shape index (κ3) is 17.6. The van der Waals surface area contributed by atoms with Crippen molar-refractivity contribution < 1.29 is 18.9 Å². The highest BCUT2D eigenvalue weighted by Crippen LogP contribution is 2.02. The first-order chi connectivity index (χ1) is 12.6. The van der Waals surface area contributed by atoms with Gasteiger partial charge in [0, 0.05) is 25.7 Å². The van der Waals surface area contributed by atoms with Crippen molar-refractivity contribution in [1.29, 1.82) is 0 Å². The molecule has 6 nitrogen and oxygen atoms in total. The smallest absolute Gasteiger partial charge is 0.0936 e. The molecule has 2 N–H and O–H groups in total. The number of hydrogen-bond acceptors (Lipinski definition) is 6. The van der Waals surface area contributed by atoms with E-state index in [4.69, 9.17) is 18.9 Å². The van der Waals surface area contributed by atoms with Crippen LogP contribution in [0.1, 0.15) is 62.3 Å². The van der Waals surface area contributed by atoms with Crippen LogP contribution in [-0.2, 0) is 18.9 Å². The Balaban J connectivity index is 4.19. The molecule has 0 aliphatic heterocycles. The van der Waals surface area contributed by atoms with Crippen molar-refractivity contribution in [3.63, 3.8) is 0 Å². The fraction of sp³-hybridized carbons (Fsp3) is 1.00. The van der Waals surface area contributed by atoms with Gasteiger partial charge in [0.15, 0.2) is 0 Å². The normalized spacial score (nSPS) is 15.9. The molecule has 0 aromatic rings. The van der Waals surface area contributed by atoms with Gasteiger partial charge in [-0.3, -0.25) is 0 Å². The quantitative estimate of drug-likeness (QED) is 0.398. The van der Waals surface area contributed by atoms with Gasteiger partial charge >= 0.3 is 0 Å². The Morgan fingerprint density at radius 1 is 0.556 bits per heavy atom. The maximum Gasteiger partial charge on any atom is 0.0936 e. The summed E-state index contributed by atoms with van der Waals surface area (Å²) in [6.45, 7) is 22.2. The summed E-state index contributed by atoms with van der Waals surface area (Å²) in [7, 11) is 0. The Morgan fingerprint density at radius 2 is 1.00 bits per heavy atom. The lowest BCUT2D eigenvalue weighted by molar-refractivity contribution is -0.0588. The Bertz CT molecular complexity index is 338. The van der Waals surface area contributed by atoms with Crippen LogP contribution in [-0.4, -0.2) is 75.5 Å². The first-order valence-corrected chi connectivity index (χ1v) is 10.6. The lowest BCUT2D eigenvalue weighted by atomic mass is 10.2. The van der Waals surface area contributed by atoms with E-state index in [9.17, 15) is 0 Å². The van der Waals surface area contributed by atoms with Crippen LogP contribution in [0.15, 0.2) is 0 Å². The van der Waals surface area contributed by atoms with Crippen molar-refractivity contribution >= 4 is 0 Å². The van der Waals surface area contributed by atoms with Gasteiger partial charge in [0.05, 0.1) is 49.8 Å². The van der Waals surface area contributed by atoms with Crippen molar-refractivity contribution in [3.05, 3.63) is 0 Å². The first kappa shape index (κ1) is 26.8. The summed E-state index contributed by atoms with van der Waals surface area (Å²) >= 11 is 0. The minimum atomic E-state index is 0.0614. The Morgan fingerprint density at radius 3 is 1.41 bits per heavy atom. The summed E-state index contributed by atoms with van der Waals surface area (Å²) in [6.07, 6.45) is 0.944. The van der Waals surface area contributed by atoms with Gasteiger partial charge in [-0.05, 0) is 62.3 Å². The van der Waals surface area contributed by atoms with Gasteiger partial charge < -0.3 is 29.6 Å². The van der Waals surface area contributed by atoms with Gasteiger partial charge in [0.2, 0.25) is 0 Å². The predicted molar refractivity (Wildman–Crippen MR) is 113 cm³/mol. The largest absolute Gasteiger partial charge is 0.376 e. The van der Waals surface area contributed by atoms with E-state index in [1.54, 1.807) is 0 Å². The topological polar surface area (TPSA) is 61.0 Å². The van der Waals surface area contributed by atoms with E-state index in [1.165, 1.54) is 0 Å². The molecule has 0 amide bonds. The molecule has 6 heteroatoms. The highest BCUT2D eigenvalue weighted by Gasteiger charge is 2.15. The molecular weight excluding hydrogens is 344 g/mol. The summed E-state index contributed by atoms with van der Waals surface area (Å²) in [5.74, 6) is 0. The molecule has 27 heavy (non-hydrogen) atoms. The average Bonchev–Trinajstić information content (AvgIpc) is 2.53. The molecule has 0 heterocycles. The fourth-order valence-corrected chi connectivity index (χ4v) is 2.53. The van der Waals surface area contributed by atoms with E-state index in [0.29, 0.717) is 19.3 Å². The molecule has 0 bridgehead atoms. The molecule has 3 atom stereocenters. The zero-order valence-electron chi connectivity index (χ0n) is 19.2.